The lowest BCUT2D eigenvalue weighted by Gasteiger charge is -2.25. The summed E-state index contributed by atoms with van der Waals surface area (Å²) in [5.74, 6) is 0.804. The van der Waals surface area contributed by atoms with E-state index in [0.29, 0.717) is 53.7 Å². The maximum atomic E-state index is 12.8. The Balaban J connectivity index is 1.44. The molecule has 2 aliphatic rings. The topological polar surface area (TPSA) is 117 Å². The Morgan fingerprint density at radius 3 is 2.72 bits per heavy atom. The van der Waals surface area contributed by atoms with Gasteiger partial charge in [-0.25, -0.2) is 9.98 Å². The van der Waals surface area contributed by atoms with Crippen molar-refractivity contribution in [2.24, 2.45) is 9.98 Å². The minimum atomic E-state index is -2.53. The fourth-order valence-corrected chi connectivity index (χ4v) is 5.47. The molecule has 2 unspecified atom stereocenters. The largest absolute Gasteiger partial charge is 0.495 e. The average molecular weight is 573 g/mol. The molecule has 0 bridgehead atoms. The van der Waals surface area contributed by atoms with Gasteiger partial charge in [-0.3, -0.25) is 9.69 Å². The molecule has 0 saturated carbocycles. The van der Waals surface area contributed by atoms with E-state index >= 15 is 0 Å². The Hall–Kier alpha value is -3.17. The Morgan fingerprint density at radius 1 is 1.21 bits per heavy atom. The first-order chi connectivity index (χ1) is 18.7. The van der Waals surface area contributed by atoms with Crippen LogP contribution >= 0.6 is 18.7 Å². The molecule has 39 heavy (non-hydrogen) atoms. The molecule has 4 rings (SSSR count). The molecule has 2 aromatic carbocycles. The van der Waals surface area contributed by atoms with E-state index in [-0.39, 0.29) is 5.91 Å². The number of hydrogen-bond acceptors (Lipinski definition) is 9. The summed E-state index contributed by atoms with van der Waals surface area (Å²) in [6.45, 7) is 7.28. The fourth-order valence-electron chi connectivity index (χ4n) is 4.14. The molecule has 208 valence electrons. The number of nitrogens with one attached hydrogen (secondary N) is 3. The van der Waals surface area contributed by atoms with Gasteiger partial charge in [0, 0.05) is 42.9 Å². The predicted molar refractivity (Wildman–Crippen MR) is 160 cm³/mol. The number of benzene rings is 2. The minimum absolute atomic E-state index is 0.229. The van der Waals surface area contributed by atoms with Crippen molar-refractivity contribution in [2.75, 3.05) is 69.2 Å². The van der Waals surface area contributed by atoms with Crippen molar-refractivity contribution in [3.8, 4) is 5.75 Å². The second kappa shape index (κ2) is 13.3. The van der Waals surface area contributed by atoms with E-state index < -0.39 is 18.8 Å². The van der Waals surface area contributed by atoms with E-state index in [1.165, 1.54) is 6.08 Å². The van der Waals surface area contributed by atoms with Crippen LogP contribution in [0, 0.1) is 0 Å². The highest BCUT2D eigenvalue weighted by Crippen LogP contribution is 2.37. The monoisotopic (exact) mass is 572 g/mol. The standard InChI is InChI=1S/C27H34ClN6O4P/c1-37-23-11-10-19(30-25(35)9-6-12-34-13-15-38-16-14-34)17-22(23)32-27-29-18-20(28)26(33-27)31-21-7-4-5-8-24(21)39(2,3)36/h4-11,17-18,20,27,32H,12-16H2,1-3H3,(H,30,35)(H,31,33). The van der Waals surface area contributed by atoms with E-state index in [1.807, 2.05) is 30.3 Å². The van der Waals surface area contributed by atoms with E-state index in [1.54, 1.807) is 44.9 Å². The second-order valence-corrected chi connectivity index (χ2v) is 13.1. The summed E-state index contributed by atoms with van der Waals surface area (Å²) in [6.07, 6.45) is 4.27. The number of alkyl halides is 1. The number of morpholine rings is 1. The molecular weight excluding hydrogens is 539 g/mol. The third-order valence-electron chi connectivity index (χ3n) is 6.12. The second-order valence-electron chi connectivity index (χ2n) is 9.44. The number of hydrogen-bond donors (Lipinski definition) is 3. The van der Waals surface area contributed by atoms with Crippen LogP contribution in [0.5, 0.6) is 5.75 Å². The first-order valence-corrected chi connectivity index (χ1v) is 15.7. The highest BCUT2D eigenvalue weighted by Gasteiger charge is 2.23. The fraction of sp³-hybridized carbons (Fsp3) is 0.370. The molecular formula is C27H34ClN6O4P. The Labute approximate surface area is 233 Å². The number of amidine groups is 1. The van der Waals surface area contributed by atoms with E-state index in [0.717, 1.165) is 13.1 Å². The molecule has 0 aromatic heterocycles. The number of anilines is 3. The van der Waals surface area contributed by atoms with Gasteiger partial charge < -0.3 is 30.0 Å². The van der Waals surface area contributed by atoms with Crippen LogP contribution in [0.1, 0.15) is 0 Å². The predicted octanol–water partition coefficient (Wildman–Crippen LogP) is 3.67. The molecule has 2 heterocycles. The maximum Gasteiger partial charge on any atom is 0.248 e. The van der Waals surface area contributed by atoms with Crippen LogP contribution < -0.4 is 26.0 Å². The Kier molecular flexibility index (Phi) is 9.80. The van der Waals surface area contributed by atoms with Gasteiger partial charge in [0.15, 0.2) is 0 Å². The first kappa shape index (κ1) is 28.8. The molecule has 12 heteroatoms. The lowest BCUT2D eigenvalue weighted by Crippen LogP contribution is -2.36. The van der Waals surface area contributed by atoms with Gasteiger partial charge in [0.2, 0.25) is 12.2 Å². The van der Waals surface area contributed by atoms with Crippen LogP contribution in [-0.2, 0) is 14.1 Å². The number of halogens is 1. The van der Waals surface area contributed by atoms with Crippen molar-refractivity contribution in [1.82, 2.24) is 4.90 Å². The van der Waals surface area contributed by atoms with Crippen molar-refractivity contribution in [3.63, 3.8) is 0 Å². The van der Waals surface area contributed by atoms with Crippen LogP contribution in [0.3, 0.4) is 0 Å². The Morgan fingerprint density at radius 2 is 1.97 bits per heavy atom. The Bertz CT molecular complexity index is 1300. The lowest BCUT2D eigenvalue weighted by molar-refractivity contribution is -0.111. The zero-order chi connectivity index (χ0) is 27.8. The summed E-state index contributed by atoms with van der Waals surface area (Å²) < 4.78 is 23.6. The molecule has 2 aliphatic heterocycles. The van der Waals surface area contributed by atoms with Crippen molar-refractivity contribution < 1.29 is 18.8 Å². The zero-order valence-electron chi connectivity index (χ0n) is 22.3. The van der Waals surface area contributed by atoms with Crippen LogP contribution in [0.4, 0.5) is 17.1 Å². The summed E-state index contributed by atoms with van der Waals surface area (Å²) in [7, 11) is -0.966. The number of carbonyl (C=O) groups excluding carboxylic acids is 1. The lowest BCUT2D eigenvalue weighted by atomic mass is 10.2. The van der Waals surface area contributed by atoms with Gasteiger partial charge in [0.1, 0.15) is 24.1 Å². The molecule has 0 spiro atoms. The number of ether oxygens (including phenoxy) is 2. The van der Waals surface area contributed by atoms with Gasteiger partial charge in [0.05, 0.1) is 31.7 Å². The molecule has 10 nitrogen and oxygen atoms in total. The minimum Gasteiger partial charge on any atom is -0.495 e. The quantitative estimate of drug-likeness (QED) is 0.238. The summed E-state index contributed by atoms with van der Waals surface area (Å²) >= 11 is 6.47. The smallest absolute Gasteiger partial charge is 0.248 e. The van der Waals surface area contributed by atoms with Crippen molar-refractivity contribution in [3.05, 3.63) is 54.6 Å². The first-order valence-electron chi connectivity index (χ1n) is 12.6. The highest BCUT2D eigenvalue weighted by atomic mass is 35.5. The van der Waals surface area contributed by atoms with Crippen molar-refractivity contribution in [2.45, 2.75) is 11.7 Å². The third-order valence-corrected chi connectivity index (χ3v) is 7.99. The average Bonchev–Trinajstić information content (AvgIpc) is 2.91. The third kappa shape index (κ3) is 8.16. The molecule has 2 aromatic rings. The summed E-state index contributed by atoms with van der Waals surface area (Å²) in [5.41, 5.74) is 1.87. The van der Waals surface area contributed by atoms with Crippen molar-refractivity contribution in [1.29, 1.82) is 0 Å². The summed E-state index contributed by atoms with van der Waals surface area (Å²) in [6, 6.07) is 12.7. The van der Waals surface area contributed by atoms with Crippen molar-refractivity contribution >= 4 is 59.1 Å². The molecule has 1 amide bonds. The van der Waals surface area contributed by atoms with Crippen LogP contribution in [0.15, 0.2) is 64.6 Å². The molecule has 3 N–H and O–H groups in total. The van der Waals surface area contributed by atoms with Crippen LogP contribution in [-0.4, -0.2) is 87.8 Å². The van der Waals surface area contributed by atoms with Gasteiger partial charge in [0.25, 0.3) is 0 Å². The number of rotatable bonds is 9. The maximum absolute atomic E-state index is 12.8. The number of nitrogens with zero attached hydrogens (tertiary/aromatic N) is 3. The number of aliphatic imine (C=N–C) groups is 2. The summed E-state index contributed by atoms with van der Waals surface area (Å²) in [5, 5.41) is 9.48. The molecule has 1 fully saturated rings. The normalized spacial score (nSPS) is 19.9. The van der Waals surface area contributed by atoms with Gasteiger partial charge in [-0.05, 0) is 43.7 Å². The zero-order valence-corrected chi connectivity index (χ0v) is 23.9. The SMILES string of the molecule is COc1ccc(NC(=O)C=CCN2CCOCC2)cc1NC1N=CC(Cl)C(Nc2ccccc2P(C)(C)=O)=N1. The highest BCUT2D eigenvalue weighted by molar-refractivity contribution is 7.70. The number of amides is 1. The number of methoxy groups -OCH3 is 1. The molecule has 0 aliphatic carbocycles. The van der Waals surface area contributed by atoms with E-state index in [9.17, 15) is 9.36 Å². The van der Waals surface area contributed by atoms with E-state index in [2.05, 4.69) is 30.8 Å². The van der Waals surface area contributed by atoms with Gasteiger partial charge in [-0.15, -0.1) is 11.6 Å². The molecule has 0 radical (unpaired) electrons. The van der Waals surface area contributed by atoms with Gasteiger partial charge in [-0.2, -0.15) is 0 Å². The number of carbonyl (C=O) groups is 1. The van der Waals surface area contributed by atoms with Crippen LogP contribution in [0.2, 0.25) is 0 Å². The number of para-hydroxylation sites is 1. The molecule has 1 saturated heterocycles. The van der Waals surface area contributed by atoms with Gasteiger partial charge in [-0.1, -0.05) is 18.2 Å². The van der Waals surface area contributed by atoms with E-state index in [4.69, 9.17) is 21.1 Å². The van der Waals surface area contributed by atoms with Crippen LogP contribution in [0.25, 0.3) is 0 Å². The molecule has 2 atom stereocenters. The summed E-state index contributed by atoms with van der Waals surface area (Å²) in [4.78, 5) is 23.7. The van der Waals surface area contributed by atoms with Gasteiger partial charge >= 0.3 is 0 Å².